The Bertz CT molecular complexity index is 554. The van der Waals surface area contributed by atoms with Gasteiger partial charge in [0.05, 0.1) is 11.4 Å². The highest BCUT2D eigenvalue weighted by atomic mass is 32.2. The Balaban J connectivity index is 1.56. The van der Waals surface area contributed by atoms with Gasteiger partial charge in [-0.25, -0.2) is 13.4 Å². The maximum absolute atomic E-state index is 12.2. The summed E-state index contributed by atoms with van der Waals surface area (Å²) in [6.07, 6.45) is 8.54. The van der Waals surface area contributed by atoms with Crippen molar-refractivity contribution in [2.24, 2.45) is 0 Å². The van der Waals surface area contributed by atoms with E-state index in [0.29, 0.717) is 17.6 Å². The Kier molecular flexibility index (Phi) is 4.81. The summed E-state index contributed by atoms with van der Waals surface area (Å²) in [7, 11) is -3.28. The second-order valence-corrected chi connectivity index (χ2v) is 8.88. The van der Waals surface area contributed by atoms with E-state index in [1.807, 2.05) is 0 Å². The van der Waals surface area contributed by atoms with Crippen molar-refractivity contribution < 1.29 is 8.42 Å². The minimum absolute atomic E-state index is 0.176. The van der Waals surface area contributed by atoms with Crippen molar-refractivity contribution in [3.05, 3.63) is 10.6 Å². The molecule has 1 aromatic heterocycles. The number of aryl methyl sites for hydroxylation is 2. The van der Waals surface area contributed by atoms with Crippen molar-refractivity contribution >= 4 is 26.5 Å². The molecule has 0 aromatic carbocycles. The average molecular weight is 329 g/mol. The maximum atomic E-state index is 12.2. The first kappa shape index (κ1) is 15.2. The van der Waals surface area contributed by atoms with Crippen LogP contribution in [0.4, 0.5) is 5.13 Å². The molecular formula is C14H23N3O2S2. The number of hydrogen-bond donors (Lipinski definition) is 2. The number of fused-ring (bicyclic) bond motifs is 1. The number of aromatic nitrogens is 1. The summed E-state index contributed by atoms with van der Waals surface area (Å²) in [6, 6.07) is 0.347. The molecule has 2 aliphatic rings. The Labute approximate surface area is 130 Å². The lowest BCUT2D eigenvalue weighted by atomic mass is 10.0. The second-order valence-electron chi connectivity index (χ2n) is 5.95. The molecule has 1 aliphatic carbocycles. The zero-order valence-electron chi connectivity index (χ0n) is 12.2. The third kappa shape index (κ3) is 4.17. The number of piperidine rings is 1. The predicted octanol–water partition coefficient (Wildman–Crippen LogP) is 2.30. The van der Waals surface area contributed by atoms with Gasteiger partial charge in [-0.15, -0.1) is 11.3 Å². The van der Waals surface area contributed by atoms with Crippen molar-refractivity contribution in [3.63, 3.8) is 0 Å². The van der Waals surface area contributed by atoms with E-state index in [9.17, 15) is 8.42 Å². The number of nitrogens with one attached hydrogen (secondary N) is 2. The van der Waals surface area contributed by atoms with Gasteiger partial charge in [-0.1, -0.05) is 6.42 Å². The van der Waals surface area contributed by atoms with Gasteiger partial charge in [-0.3, -0.25) is 4.72 Å². The average Bonchev–Trinajstić information content (AvgIpc) is 2.87. The molecule has 0 saturated carbocycles. The third-order valence-corrected chi connectivity index (χ3v) is 6.72. The Hall–Kier alpha value is -0.660. The molecule has 1 saturated heterocycles. The summed E-state index contributed by atoms with van der Waals surface area (Å²) in [5.41, 5.74) is 1.10. The molecule has 2 N–H and O–H groups in total. The molecule has 2 heterocycles. The van der Waals surface area contributed by atoms with Crippen molar-refractivity contribution in [2.75, 3.05) is 17.0 Å². The van der Waals surface area contributed by atoms with Gasteiger partial charge in [-0.05, 0) is 51.5 Å². The quantitative estimate of drug-likeness (QED) is 0.869. The van der Waals surface area contributed by atoms with E-state index in [-0.39, 0.29) is 5.75 Å². The van der Waals surface area contributed by atoms with Crippen LogP contribution in [0.1, 0.15) is 49.1 Å². The molecule has 1 unspecified atom stereocenters. The van der Waals surface area contributed by atoms with Crippen LogP contribution in [-0.2, 0) is 22.9 Å². The molecule has 0 amide bonds. The lowest BCUT2D eigenvalue weighted by Gasteiger charge is -2.23. The van der Waals surface area contributed by atoms with Crippen molar-refractivity contribution in [3.8, 4) is 0 Å². The van der Waals surface area contributed by atoms with Crippen LogP contribution in [0.15, 0.2) is 0 Å². The molecular weight excluding hydrogens is 306 g/mol. The van der Waals surface area contributed by atoms with E-state index in [1.54, 1.807) is 0 Å². The predicted molar refractivity (Wildman–Crippen MR) is 86.4 cm³/mol. The fraction of sp³-hybridized carbons (Fsp3) is 0.786. The summed E-state index contributed by atoms with van der Waals surface area (Å²) < 4.78 is 27.0. The van der Waals surface area contributed by atoms with E-state index in [2.05, 4.69) is 15.0 Å². The molecule has 1 aliphatic heterocycles. The highest BCUT2D eigenvalue weighted by molar-refractivity contribution is 7.92. The molecule has 1 aromatic rings. The molecule has 0 spiro atoms. The first-order valence-corrected chi connectivity index (χ1v) is 10.3. The third-order valence-electron chi connectivity index (χ3n) is 4.24. The van der Waals surface area contributed by atoms with Gasteiger partial charge in [0.2, 0.25) is 10.0 Å². The summed E-state index contributed by atoms with van der Waals surface area (Å²) in [5, 5.41) is 3.94. The lowest BCUT2D eigenvalue weighted by molar-refractivity contribution is 0.393. The van der Waals surface area contributed by atoms with E-state index < -0.39 is 10.0 Å². The number of thiazole rings is 1. The van der Waals surface area contributed by atoms with Crippen LogP contribution < -0.4 is 10.0 Å². The van der Waals surface area contributed by atoms with Crippen LogP contribution in [0.3, 0.4) is 0 Å². The first-order valence-electron chi connectivity index (χ1n) is 7.85. The molecule has 118 valence electrons. The normalized spacial score (nSPS) is 22.8. The number of anilines is 1. The summed E-state index contributed by atoms with van der Waals surface area (Å²) >= 11 is 1.51. The number of hydrogen-bond acceptors (Lipinski definition) is 5. The van der Waals surface area contributed by atoms with Crippen LogP contribution in [0.2, 0.25) is 0 Å². The summed E-state index contributed by atoms with van der Waals surface area (Å²) in [6.45, 7) is 1.01. The minimum atomic E-state index is -3.28. The van der Waals surface area contributed by atoms with E-state index >= 15 is 0 Å². The molecule has 1 atom stereocenters. The Morgan fingerprint density at radius 3 is 2.86 bits per heavy atom. The molecule has 5 nitrogen and oxygen atoms in total. The smallest absolute Gasteiger partial charge is 0.234 e. The van der Waals surface area contributed by atoms with Crippen LogP contribution in [-0.4, -0.2) is 31.7 Å². The van der Waals surface area contributed by atoms with Gasteiger partial charge >= 0.3 is 0 Å². The zero-order valence-corrected chi connectivity index (χ0v) is 13.9. The Morgan fingerprint density at radius 2 is 2.10 bits per heavy atom. The molecule has 0 radical (unpaired) electrons. The van der Waals surface area contributed by atoms with Gasteiger partial charge in [0, 0.05) is 10.9 Å². The molecule has 0 bridgehead atoms. The topological polar surface area (TPSA) is 71.1 Å². The van der Waals surface area contributed by atoms with Crippen LogP contribution >= 0.6 is 11.3 Å². The Morgan fingerprint density at radius 1 is 1.24 bits per heavy atom. The van der Waals surface area contributed by atoms with Crippen molar-refractivity contribution in [1.29, 1.82) is 0 Å². The SMILES string of the molecule is O=S(=O)(CCC1CCCCN1)Nc1nc2c(s1)CCCC2. The van der Waals surface area contributed by atoms with Gasteiger partial charge in [0.25, 0.3) is 0 Å². The number of rotatable bonds is 5. The number of sulfonamides is 1. The van der Waals surface area contributed by atoms with Gasteiger partial charge in [0.15, 0.2) is 5.13 Å². The first-order chi connectivity index (χ1) is 10.1. The highest BCUT2D eigenvalue weighted by Crippen LogP contribution is 2.30. The van der Waals surface area contributed by atoms with Crippen molar-refractivity contribution in [1.82, 2.24) is 10.3 Å². The van der Waals surface area contributed by atoms with E-state index in [0.717, 1.165) is 37.9 Å². The summed E-state index contributed by atoms with van der Waals surface area (Å²) in [4.78, 5) is 5.70. The summed E-state index contributed by atoms with van der Waals surface area (Å²) in [5.74, 6) is 0.176. The van der Waals surface area contributed by atoms with E-state index in [1.165, 1.54) is 35.5 Å². The largest absolute Gasteiger partial charge is 0.314 e. The van der Waals surface area contributed by atoms with Gasteiger partial charge < -0.3 is 5.32 Å². The van der Waals surface area contributed by atoms with Crippen LogP contribution in [0.5, 0.6) is 0 Å². The fourth-order valence-corrected chi connectivity index (χ4v) is 5.50. The lowest BCUT2D eigenvalue weighted by Crippen LogP contribution is -2.36. The fourth-order valence-electron chi connectivity index (χ4n) is 3.05. The maximum Gasteiger partial charge on any atom is 0.234 e. The van der Waals surface area contributed by atoms with Crippen LogP contribution in [0.25, 0.3) is 0 Å². The van der Waals surface area contributed by atoms with Gasteiger partial charge in [-0.2, -0.15) is 0 Å². The monoisotopic (exact) mass is 329 g/mol. The zero-order chi connectivity index (χ0) is 14.7. The second kappa shape index (κ2) is 6.62. The molecule has 21 heavy (non-hydrogen) atoms. The number of nitrogens with zero attached hydrogens (tertiary/aromatic N) is 1. The standard InChI is InChI=1S/C14H23N3O2S2/c18-21(19,10-8-11-5-3-4-9-15-11)17-14-16-12-6-1-2-7-13(12)20-14/h11,15H,1-10H2,(H,16,17). The highest BCUT2D eigenvalue weighted by Gasteiger charge is 2.20. The minimum Gasteiger partial charge on any atom is -0.314 e. The van der Waals surface area contributed by atoms with Crippen LogP contribution in [0, 0.1) is 0 Å². The van der Waals surface area contributed by atoms with Crippen molar-refractivity contribution in [2.45, 2.75) is 57.4 Å². The van der Waals surface area contributed by atoms with E-state index in [4.69, 9.17) is 0 Å². The molecule has 7 heteroatoms. The van der Waals surface area contributed by atoms with Gasteiger partial charge in [0.1, 0.15) is 0 Å². The molecule has 1 fully saturated rings. The molecule has 3 rings (SSSR count).